The van der Waals surface area contributed by atoms with Crippen molar-refractivity contribution in [1.29, 1.82) is 0 Å². The number of rotatable bonds is 6. The molecule has 1 amide bonds. The van der Waals surface area contributed by atoms with Gasteiger partial charge < -0.3 is 10.8 Å². The smallest absolute Gasteiger partial charge is 0.384 e. The molecule has 0 rings (SSSR count). The van der Waals surface area contributed by atoms with Gasteiger partial charge in [0.2, 0.25) is 0 Å². The lowest BCUT2D eigenvalue weighted by atomic mass is 10.2. The normalized spacial score (nSPS) is 8.93. The summed E-state index contributed by atoms with van der Waals surface area (Å²) in [5, 5.41) is 8.34. The molecular formula is C9H15NO4. The van der Waals surface area contributed by atoms with Crippen LogP contribution in [0.15, 0.2) is 0 Å². The number of aliphatic hydroxyl groups is 1. The maximum absolute atomic E-state index is 10.0. The van der Waals surface area contributed by atoms with Gasteiger partial charge in [0.05, 0.1) is 6.61 Å². The zero-order valence-corrected chi connectivity index (χ0v) is 7.99. The highest BCUT2D eigenvalue weighted by Crippen LogP contribution is 1.99. The number of carbonyl (C=O) groups is 1. The molecule has 5 heteroatoms. The van der Waals surface area contributed by atoms with Crippen LogP contribution in [0.4, 0.5) is 4.79 Å². The van der Waals surface area contributed by atoms with E-state index in [1.165, 1.54) is 0 Å². The third kappa shape index (κ3) is 10.8. The minimum atomic E-state index is -0.932. The zero-order valence-electron chi connectivity index (χ0n) is 7.99. The first-order chi connectivity index (χ1) is 6.77. The minimum Gasteiger partial charge on any atom is -0.384 e. The number of primary amides is 1. The summed E-state index contributed by atoms with van der Waals surface area (Å²) in [4.78, 5) is 18.6. The van der Waals surface area contributed by atoms with Crippen molar-refractivity contribution in [3.8, 4) is 11.8 Å². The van der Waals surface area contributed by atoms with E-state index in [9.17, 15) is 4.79 Å². The highest BCUT2D eigenvalue weighted by atomic mass is 17.2. The molecule has 14 heavy (non-hydrogen) atoms. The summed E-state index contributed by atoms with van der Waals surface area (Å²) >= 11 is 0. The molecule has 0 saturated carbocycles. The number of hydrogen-bond acceptors (Lipinski definition) is 4. The molecule has 0 aromatic heterocycles. The third-order valence-corrected chi connectivity index (χ3v) is 1.37. The van der Waals surface area contributed by atoms with Crippen molar-refractivity contribution in [2.24, 2.45) is 5.73 Å². The summed E-state index contributed by atoms with van der Waals surface area (Å²) < 4.78 is 0. The van der Waals surface area contributed by atoms with Gasteiger partial charge in [-0.1, -0.05) is 12.3 Å². The van der Waals surface area contributed by atoms with Gasteiger partial charge >= 0.3 is 6.09 Å². The summed E-state index contributed by atoms with van der Waals surface area (Å²) in [6.45, 7) is 0.256. The van der Waals surface area contributed by atoms with Gasteiger partial charge in [0.25, 0.3) is 0 Å². The Kier molecular flexibility index (Phi) is 8.96. The fourth-order valence-electron chi connectivity index (χ4n) is 0.795. The van der Waals surface area contributed by atoms with Crippen LogP contribution in [0.25, 0.3) is 0 Å². The minimum absolute atomic E-state index is 0.0877. The van der Waals surface area contributed by atoms with E-state index in [1.54, 1.807) is 0 Å². The molecule has 0 aliphatic rings. The lowest BCUT2D eigenvalue weighted by Crippen LogP contribution is -2.13. The van der Waals surface area contributed by atoms with Gasteiger partial charge in [-0.05, 0) is 12.8 Å². The fraction of sp³-hybridized carbons (Fsp3) is 0.667. The van der Waals surface area contributed by atoms with E-state index < -0.39 is 6.09 Å². The first-order valence-electron chi connectivity index (χ1n) is 4.43. The molecule has 0 bridgehead atoms. The van der Waals surface area contributed by atoms with Crippen LogP contribution < -0.4 is 5.73 Å². The average molecular weight is 201 g/mol. The molecule has 3 N–H and O–H groups in total. The fourth-order valence-corrected chi connectivity index (χ4v) is 0.795. The SMILES string of the molecule is NC(=O)OOCCCCCC#CCO. The van der Waals surface area contributed by atoms with Gasteiger partial charge in [0.1, 0.15) is 6.61 Å². The molecule has 0 heterocycles. The maximum Gasteiger partial charge on any atom is 0.436 e. The topological polar surface area (TPSA) is 81.8 Å². The highest BCUT2D eigenvalue weighted by Gasteiger charge is 1.93. The molecule has 0 fully saturated rings. The molecule has 0 aromatic carbocycles. The van der Waals surface area contributed by atoms with Crippen molar-refractivity contribution in [3.63, 3.8) is 0 Å². The van der Waals surface area contributed by atoms with Gasteiger partial charge in [-0.2, -0.15) is 4.89 Å². The molecule has 0 radical (unpaired) electrons. The Balaban J connectivity index is 3.03. The number of aliphatic hydroxyl groups excluding tert-OH is 1. The second kappa shape index (κ2) is 9.84. The number of hydrogen-bond donors (Lipinski definition) is 2. The van der Waals surface area contributed by atoms with Crippen LogP contribution >= 0.6 is 0 Å². The van der Waals surface area contributed by atoms with Crippen molar-refractivity contribution in [1.82, 2.24) is 0 Å². The second-order valence-corrected chi connectivity index (χ2v) is 2.55. The van der Waals surface area contributed by atoms with E-state index >= 15 is 0 Å². The van der Waals surface area contributed by atoms with Crippen molar-refractivity contribution in [2.45, 2.75) is 25.7 Å². The monoisotopic (exact) mass is 201 g/mol. The van der Waals surface area contributed by atoms with Crippen LogP contribution in [0.5, 0.6) is 0 Å². The van der Waals surface area contributed by atoms with E-state index in [1.807, 2.05) is 0 Å². The standard InChI is InChI=1S/C9H15NO4/c10-9(12)14-13-8-6-4-2-1-3-5-7-11/h11H,1-2,4,6-8H2,(H2,10,12). The molecule has 0 spiro atoms. The summed E-state index contributed by atoms with van der Waals surface area (Å²) in [6, 6.07) is 0. The Bertz CT molecular complexity index is 207. The van der Waals surface area contributed by atoms with E-state index in [-0.39, 0.29) is 6.61 Å². The predicted octanol–water partition coefficient (Wildman–Crippen LogP) is 0.569. The summed E-state index contributed by atoms with van der Waals surface area (Å²) in [6.07, 6.45) is 2.49. The summed E-state index contributed by atoms with van der Waals surface area (Å²) in [7, 11) is 0. The van der Waals surface area contributed by atoms with Gasteiger partial charge in [-0.15, -0.1) is 5.92 Å². The van der Waals surface area contributed by atoms with Crippen LogP contribution in [-0.4, -0.2) is 24.4 Å². The molecule has 80 valence electrons. The summed E-state index contributed by atoms with van der Waals surface area (Å²) in [5.41, 5.74) is 4.66. The molecular weight excluding hydrogens is 186 g/mol. The quantitative estimate of drug-likeness (QED) is 0.285. The van der Waals surface area contributed by atoms with E-state index in [0.29, 0.717) is 6.61 Å². The molecule has 0 unspecified atom stereocenters. The third-order valence-electron chi connectivity index (χ3n) is 1.37. The van der Waals surface area contributed by atoms with Gasteiger partial charge in [0, 0.05) is 6.42 Å². The Morgan fingerprint density at radius 3 is 2.71 bits per heavy atom. The Morgan fingerprint density at radius 2 is 2.07 bits per heavy atom. The number of amides is 1. The van der Waals surface area contributed by atoms with Crippen LogP contribution in [0.1, 0.15) is 25.7 Å². The number of unbranched alkanes of at least 4 members (excludes halogenated alkanes) is 3. The maximum atomic E-state index is 10.0. The lowest BCUT2D eigenvalue weighted by molar-refractivity contribution is -0.236. The number of nitrogens with two attached hydrogens (primary N) is 1. The molecule has 0 atom stereocenters. The molecule has 0 saturated heterocycles. The van der Waals surface area contributed by atoms with Crippen molar-refractivity contribution >= 4 is 6.09 Å². The molecule has 0 aromatic rings. The van der Waals surface area contributed by atoms with E-state index in [0.717, 1.165) is 25.7 Å². The van der Waals surface area contributed by atoms with E-state index in [4.69, 9.17) is 5.11 Å². The lowest BCUT2D eigenvalue weighted by Gasteiger charge is -1.99. The van der Waals surface area contributed by atoms with Crippen LogP contribution in [0.3, 0.4) is 0 Å². The molecule has 0 aliphatic carbocycles. The van der Waals surface area contributed by atoms with Gasteiger partial charge in [0.15, 0.2) is 0 Å². The van der Waals surface area contributed by atoms with Crippen molar-refractivity contribution < 1.29 is 19.7 Å². The predicted molar refractivity (Wildman–Crippen MR) is 50.0 cm³/mol. The van der Waals surface area contributed by atoms with Crippen molar-refractivity contribution in [3.05, 3.63) is 0 Å². The molecule has 0 aliphatic heterocycles. The Hall–Kier alpha value is -1.25. The molecule has 5 nitrogen and oxygen atoms in total. The van der Waals surface area contributed by atoms with Gasteiger partial charge in [-0.25, -0.2) is 4.79 Å². The summed E-state index contributed by atoms with van der Waals surface area (Å²) in [5.74, 6) is 5.35. The first kappa shape index (κ1) is 12.8. The van der Waals surface area contributed by atoms with Gasteiger partial charge in [-0.3, -0.25) is 4.89 Å². The highest BCUT2D eigenvalue weighted by molar-refractivity contribution is 5.63. The van der Waals surface area contributed by atoms with Crippen LogP contribution in [0.2, 0.25) is 0 Å². The number of carbonyl (C=O) groups excluding carboxylic acids is 1. The largest absolute Gasteiger partial charge is 0.436 e. The average Bonchev–Trinajstić information content (AvgIpc) is 2.15. The zero-order chi connectivity index (χ0) is 10.6. The van der Waals surface area contributed by atoms with Crippen molar-refractivity contribution in [2.75, 3.05) is 13.2 Å². The van der Waals surface area contributed by atoms with Crippen LogP contribution in [0, 0.1) is 11.8 Å². The Morgan fingerprint density at radius 1 is 1.29 bits per heavy atom. The Labute approximate surface area is 83.1 Å². The van der Waals surface area contributed by atoms with Crippen LogP contribution in [-0.2, 0) is 9.78 Å². The second-order valence-electron chi connectivity index (χ2n) is 2.55. The first-order valence-corrected chi connectivity index (χ1v) is 4.43. The van der Waals surface area contributed by atoms with E-state index in [2.05, 4.69) is 27.3 Å².